The molecular weight excluding hydrogens is 270 g/mol. The van der Waals surface area contributed by atoms with E-state index < -0.39 is 11.9 Å². The number of aromatic nitrogens is 2. The molecule has 0 fully saturated rings. The summed E-state index contributed by atoms with van der Waals surface area (Å²) in [5.74, 6) is 0.184. The molecule has 0 radical (unpaired) electrons. The van der Waals surface area contributed by atoms with Gasteiger partial charge in [0, 0.05) is 13.0 Å². The predicted molar refractivity (Wildman–Crippen MR) is 71.3 cm³/mol. The van der Waals surface area contributed by atoms with Crippen molar-refractivity contribution < 1.29 is 14.6 Å². The van der Waals surface area contributed by atoms with Crippen LogP contribution in [0.15, 0.2) is 6.20 Å². The second-order valence-electron chi connectivity index (χ2n) is 4.39. The molecule has 1 unspecified atom stereocenters. The molecule has 2 N–H and O–H groups in total. The summed E-state index contributed by atoms with van der Waals surface area (Å²) in [5.41, 5.74) is 0.106. The third-order valence-electron chi connectivity index (χ3n) is 2.42. The van der Waals surface area contributed by atoms with Gasteiger partial charge in [-0.25, -0.2) is 9.97 Å². The van der Waals surface area contributed by atoms with Crippen molar-refractivity contribution in [3.05, 3.63) is 22.7 Å². The lowest BCUT2D eigenvalue weighted by Gasteiger charge is -2.15. The molecule has 1 rings (SSSR count). The van der Waals surface area contributed by atoms with Crippen LogP contribution < -0.4 is 5.32 Å². The molecule has 1 aromatic rings. The molecular formula is C12H18ClN3O3. The highest BCUT2D eigenvalue weighted by Crippen LogP contribution is 2.16. The van der Waals surface area contributed by atoms with Crippen LogP contribution in [0.4, 0.5) is 0 Å². The Hall–Kier alpha value is -1.24. The zero-order chi connectivity index (χ0) is 14.4. The van der Waals surface area contributed by atoms with Crippen LogP contribution in [-0.4, -0.2) is 47.3 Å². The van der Waals surface area contributed by atoms with Gasteiger partial charge in [-0.1, -0.05) is 25.4 Å². The zero-order valence-corrected chi connectivity index (χ0v) is 11.9. The van der Waals surface area contributed by atoms with Crippen LogP contribution in [0.1, 0.15) is 36.1 Å². The highest BCUT2D eigenvalue weighted by Gasteiger charge is 2.18. The van der Waals surface area contributed by atoms with Crippen LogP contribution in [-0.2, 0) is 4.74 Å². The normalized spacial score (nSPS) is 12.5. The van der Waals surface area contributed by atoms with Crippen molar-refractivity contribution in [2.45, 2.75) is 25.8 Å². The Labute approximate surface area is 117 Å². The second-order valence-corrected chi connectivity index (χ2v) is 4.79. The summed E-state index contributed by atoms with van der Waals surface area (Å²) in [4.78, 5) is 20.2. The van der Waals surface area contributed by atoms with Crippen molar-refractivity contribution in [2.75, 3.05) is 20.3 Å². The second kappa shape index (κ2) is 7.37. The lowest BCUT2D eigenvalue weighted by molar-refractivity contribution is 0.0834. The average Bonchev–Trinajstić information content (AvgIpc) is 2.38. The number of carbonyl (C=O) groups excluding carboxylic acids is 1. The van der Waals surface area contributed by atoms with Crippen LogP contribution in [0.5, 0.6) is 0 Å². The molecule has 1 aromatic heterocycles. The number of rotatable bonds is 6. The van der Waals surface area contributed by atoms with E-state index in [0.29, 0.717) is 5.82 Å². The van der Waals surface area contributed by atoms with Gasteiger partial charge in [0.2, 0.25) is 0 Å². The first kappa shape index (κ1) is 15.8. The molecule has 0 aliphatic rings. The topological polar surface area (TPSA) is 84.3 Å². The number of ether oxygens (including phenoxy) is 1. The third kappa shape index (κ3) is 4.41. The standard InChI is InChI=1S/C12H18ClN3O3/c1-7(2)11-14-4-9(13)10(16-11)12(18)15-8(5-17)6-19-3/h4,7-8,17H,5-6H2,1-3H3,(H,15,18). The van der Waals surface area contributed by atoms with Crippen molar-refractivity contribution in [1.82, 2.24) is 15.3 Å². The van der Waals surface area contributed by atoms with E-state index in [-0.39, 0.29) is 29.8 Å². The van der Waals surface area contributed by atoms with Crippen LogP contribution in [0.25, 0.3) is 0 Å². The molecule has 19 heavy (non-hydrogen) atoms. The van der Waals surface area contributed by atoms with E-state index in [2.05, 4.69) is 15.3 Å². The van der Waals surface area contributed by atoms with Crippen molar-refractivity contribution in [2.24, 2.45) is 0 Å². The molecule has 1 amide bonds. The van der Waals surface area contributed by atoms with Crippen LogP contribution >= 0.6 is 11.6 Å². The molecule has 7 heteroatoms. The number of carbonyl (C=O) groups is 1. The Morgan fingerprint density at radius 3 is 2.79 bits per heavy atom. The fourth-order valence-electron chi connectivity index (χ4n) is 1.41. The zero-order valence-electron chi connectivity index (χ0n) is 11.2. The number of hydrogen-bond acceptors (Lipinski definition) is 5. The molecule has 1 heterocycles. The maximum atomic E-state index is 12.0. The molecule has 0 aromatic carbocycles. The van der Waals surface area contributed by atoms with E-state index in [1.165, 1.54) is 13.3 Å². The Balaban J connectivity index is 2.89. The van der Waals surface area contributed by atoms with Crippen molar-refractivity contribution in [3.63, 3.8) is 0 Å². The average molecular weight is 288 g/mol. The Bertz CT molecular complexity index is 440. The first-order valence-electron chi connectivity index (χ1n) is 5.92. The minimum Gasteiger partial charge on any atom is -0.394 e. The van der Waals surface area contributed by atoms with Crippen LogP contribution in [0, 0.1) is 0 Å². The summed E-state index contributed by atoms with van der Waals surface area (Å²) < 4.78 is 4.88. The molecule has 0 aliphatic carbocycles. The lowest BCUT2D eigenvalue weighted by Crippen LogP contribution is -2.41. The van der Waals surface area contributed by atoms with E-state index in [1.807, 2.05) is 13.8 Å². The fraction of sp³-hybridized carbons (Fsp3) is 0.583. The predicted octanol–water partition coefficient (Wildman–Crippen LogP) is 0.990. The summed E-state index contributed by atoms with van der Waals surface area (Å²) in [6.45, 7) is 3.83. The first-order valence-corrected chi connectivity index (χ1v) is 6.30. The van der Waals surface area contributed by atoms with E-state index in [1.54, 1.807) is 0 Å². The number of aliphatic hydroxyl groups is 1. The quantitative estimate of drug-likeness (QED) is 0.815. The third-order valence-corrected chi connectivity index (χ3v) is 2.69. The Kier molecular flexibility index (Phi) is 6.14. The monoisotopic (exact) mass is 287 g/mol. The molecule has 0 spiro atoms. The van der Waals surface area contributed by atoms with Crippen molar-refractivity contribution in [3.8, 4) is 0 Å². The lowest BCUT2D eigenvalue weighted by atomic mass is 10.2. The van der Waals surface area contributed by atoms with E-state index in [4.69, 9.17) is 21.4 Å². The summed E-state index contributed by atoms with van der Waals surface area (Å²) in [7, 11) is 1.49. The number of hydrogen-bond donors (Lipinski definition) is 2. The highest BCUT2D eigenvalue weighted by molar-refractivity contribution is 6.33. The number of halogens is 1. The largest absolute Gasteiger partial charge is 0.394 e. The van der Waals surface area contributed by atoms with E-state index >= 15 is 0 Å². The number of nitrogens with one attached hydrogen (secondary N) is 1. The first-order chi connectivity index (χ1) is 8.99. The maximum Gasteiger partial charge on any atom is 0.271 e. The molecule has 0 saturated heterocycles. The van der Waals surface area contributed by atoms with E-state index in [0.717, 1.165) is 0 Å². The number of aliphatic hydroxyl groups excluding tert-OH is 1. The van der Waals surface area contributed by atoms with Gasteiger partial charge < -0.3 is 15.2 Å². The van der Waals surface area contributed by atoms with Gasteiger partial charge in [0.05, 0.1) is 30.5 Å². The SMILES string of the molecule is COCC(CO)NC(=O)c1nc(C(C)C)ncc1Cl. The minimum atomic E-state index is -0.494. The summed E-state index contributed by atoms with van der Waals surface area (Å²) >= 11 is 5.92. The van der Waals surface area contributed by atoms with Gasteiger partial charge in [0.25, 0.3) is 5.91 Å². The van der Waals surface area contributed by atoms with Gasteiger partial charge >= 0.3 is 0 Å². The van der Waals surface area contributed by atoms with Gasteiger partial charge in [0.15, 0.2) is 0 Å². The maximum absolute atomic E-state index is 12.0. The van der Waals surface area contributed by atoms with Gasteiger partial charge in [0.1, 0.15) is 11.5 Å². The number of nitrogens with zero attached hydrogens (tertiary/aromatic N) is 2. The Morgan fingerprint density at radius 1 is 1.58 bits per heavy atom. The summed E-state index contributed by atoms with van der Waals surface area (Å²) in [6.07, 6.45) is 1.41. The van der Waals surface area contributed by atoms with Crippen molar-refractivity contribution in [1.29, 1.82) is 0 Å². The summed E-state index contributed by atoms with van der Waals surface area (Å²) in [5, 5.41) is 11.9. The Morgan fingerprint density at radius 2 is 2.26 bits per heavy atom. The van der Waals surface area contributed by atoms with Gasteiger partial charge in [-0.3, -0.25) is 4.79 Å². The molecule has 6 nitrogen and oxygen atoms in total. The fourth-order valence-corrected chi connectivity index (χ4v) is 1.59. The number of amides is 1. The number of methoxy groups -OCH3 is 1. The molecule has 0 aliphatic heterocycles. The minimum absolute atomic E-state index is 0.0939. The highest BCUT2D eigenvalue weighted by atomic mass is 35.5. The molecule has 0 saturated carbocycles. The molecule has 106 valence electrons. The van der Waals surface area contributed by atoms with Crippen LogP contribution in [0.2, 0.25) is 5.02 Å². The smallest absolute Gasteiger partial charge is 0.271 e. The van der Waals surface area contributed by atoms with E-state index in [9.17, 15) is 4.79 Å². The van der Waals surface area contributed by atoms with Gasteiger partial charge in [-0.05, 0) is 0 Å². The van der Waals surface area contributed by atoms with Gasteiger partial charge in [-0.15, -0.1) is 0 Å². The van der Waals surface area contributed by atoms with Crippen molar-refractivity contribution >= 4 is 17.5 Å². The molecule has 0 bridgehead atoms. The summed E-state index contributed by atoms with van der Waals surface area (Å²) in [6, 6.07) is -0.494. The molecule has 1 atom stereocenters. The van der Waals surface area contributed by atoms with Gasteiger partial charge in [-0.2, -0.15) is 0 Å². The van der Waals surface area contributed by atoms with Crippen LogP contribution in [0.3, 0.4) is 0 Å².